The molecule has 0 saturated carbocycles. The molecule has 0 aliphatic rings. The van der Waals surface area contributed by atoms with Crippen molar-refractivity contribution in [1.29, 1.82) is 0 Å². The summed E-state index contributed by atoms with van der Waals surface area (Å²) in [5, 5.41) is 7.27. The molecule has 0 radical (unpaired) electrons. The largest absolute Gasteiger partial charge is 0.463 e. The summed E-state index contributed by atoms with van der Waals surface area (Å²) in [5.74, 6) is -0.0915. The summed E-state index contributed by atoms with van der Waals surface area (Å²) in [6, 6.07) is 20.9. The van der Waals surface area contributed by atoms with E-state index in [-0.39, 0.29) is 17.7 Å². The summed E-state index contributed by atoms with van der Waals surface area (Å²) in [5.41, 5.74) is 3.60. The molecule has 1 aromatic heterocycles. The third-order valence-corrected chi connectivity index (χ3v) is 4.63. The number of anilines is 1. The number of amides is 1. The number of benzene rings is 3. The topological polar surface area (TPSA) is 69.0 Å². The van der Waals surface area contributed by atoms with Crippen LogP contribution >= 0.6 is 0 Å². The van der Waals surface area contributed by atoms with Gasteiger partial charge in [-0.05, 0) is 62.4 Å². The van der Waals surface area contributed by atoms with Gasteiger partial charge in [0.1, 0.15) is 5.82 Å². The van der Waals surface area contributed by atoms with E-state index in [0.717, 1.165) is 5.56 Å². The van der Waals surface area contributed by atoms with Crippen LogP contribution in [0.3, 0.4) is 0 Å². The van der Waals surface area contributed by atoms with Crippen molar-refractivity contribution in [1.82, 2.24) is 14.8 Å². The maximum atomic E-state index is 13.7. The van der Waals surface area contributed by atoms with Crippen LogP contribution in [0.25, 0.3) is 17.1 Å². The highest BCUT2D eigenvalue weighted by Crippen LogP contribution is 2.25. The molecule has 7 heteroatoms. The number of hydrogen-bond donors (Lipinski definition) is 1. The molecule has 0 atom stereocenters. The lowest BCUT2D eigenvalue weighted by atomic mass is 10.1. The highest BCUT2D eigenvalue weighted by atomic mass is 19.1. The van der Waals surface area contributed by atoms with Crippen LogP contribution in [0, 0.1) is 12.7 Å². The van der Waals surface area contributed by atoms with Gasteiger partial charge in [0, 0.05) is 16.8 Å². The molecule has 0 unspecified atom stereocenters. The molecule has 0 aliphatic heterocycles. The average molecular weight is 416 g/mol. The van der Waals surface area contributed by atoms with E-state index in [0.29, 0.717) is 34.9 Å². The summed E-state index contributed by atoms with van der Waals surface area (Å²) >= 11 is 0. The van der Waals surface area contributed by atoms with E-state index in [1.165, 1.54) is 12.1 Å². The minimum Gasteiger partial charge on any atom is -0.463 e. The van der Waals surface area contributed by atoms with Crippen LogP contribution in [0.1, 0.15) is 22.8 Å². The maximum absolute atomic E-state index is 13.7. The van der Waals surface area contributed by atoms with E-state index >= 15 is 0 Å². The molecule has 6 nitrogen and oxygen atoms in total. The van der Waals surface area contributed by atoms with Gasteiger partial charge in [-0.2, -0.15) is 4.98 Å². The number of ether oxygens (including phenoxy) is 1. The highest BCUT2D eigenvalue weighted by Gasteiger charge is 2.15. The summed E-state index contributed by atoms with van der Waals surface area (Å²) in [6.45, 7) is 4.23. The molecule has 31 heavy (non-hydrogen) atoms. The Kier molecular flexibility index (Phi) is 5.75. The van der Waals surface area contributed by atoms with E-state index in [9.17, 15) is 9.18 Å². The van der Waals surface area contributed by atoms with E-state index in [2.05, 4.69) is 15.4 Å². The molecule has 0 aliphatic carbocycles. The minimum absolute atomic E-state index is 0.187. The fourth-order valence-corrected chi connectivity index (χ4v) is 3.07. The molecular weight excluding hydrogens is 395 g/mol. The standard InChI is InChI=1S/C24H21FN4O2/c1-3-31-24-27-22(18-5-4-6-19(25)15-18)29(28-24)21-13-11-20(12-14-21)26-23(30)17-9-7-16(2)8-10-17/h4-15H,3H2,1-2H3,(H,26,30). The van der Waals surface area contributed by atoms with Gasteiger partial charge in [-0.3, -0.25) is 4.79 Å². The van der Waals surface area contributed by atoms with Crippen molar-refractivity contribution < 1.29 is 13.9 Å². The quantitative estimate of drug-likeness (QED) is 0.479. The Morgan fingerprint density at radius 1 is 1.06 bits per heavy atom. The fraction of sp³-hybridized carbons (Fsp3) is 0.125. The smallest absolute Gasteiger partial charge is 0.336 e. The first-order chi connectivity index (χ1) is 15.0. The van der Waals surface area contributed by atoms with Gasteiger partial charge in [0.15, 0.2) is 5.82 Å². The normalized spacial score (nSPS) is 10.7. The number of rotatable bonds is 6. The van der Waals surface area contributed by atoms with Crippen LogP contribution in [-0.4, -0.2) is 27.3 Å². The number of nitrogens with zero attached hydrogens (tertiary/aromatic N) is 3. The van der Waals surface area contributed by atoms with Crippen molar-refractivity contribution in [3.63, 3.8) is 0 Å². The van der Waals surface area contributed by atoms with E-state index in [1.807, 2.05) is 26.0 Å². The third-order valence-electron chi connectivity index (χ3n) is 4.63. The Labute approximate surface area is 179 Å². The number of carbonyl (C=O) groups excluding carboxylic acids is 1. The molecule has 0 bridgehead atoms. The van der Waals surface area contributed by atoms with Crippen LogP contribution in [0.4, 0.5) is 10.1 Å². The zero-order valence-corrected chi connectivity index (χ0v) is 17.2. The highest BCUT2D eigenvalue weighted by molar-refractivity contribution is 6.04. The van der Waals surface area contributed by atoms with Crippen LogP contribution in [0.2, 0.25) is 0 Å². The van der Waals surface area contributed by atoms with Crippen LogP contribution in [0.5, 0.6) is 6.01 Å². The molecule has 4 rings (SSSR count). The SMILES string of the molecule is CCOc1nc(-c2cccc(F)c2)n(-c2ccc(NC(=O)c3ccc(C)cc3)cc2)n1. The predicted molar refractivity (Wildman–Crippen MR) is 117 cm³/mol. The van der Waals surface area contributed by atoms with Crippen molar-refractivity contribution in [2.24, 2.45) is 0 Å². The van der Waals surface area contributed by atoms with E-state index < -0.39 is 0 Å². The predicted octanol–water partition coefficient (Wildman–Crippen LogP) is 5.03. The van der Waals surface area contributed by atoms with Gasteiger partial charge in [0.25, 0.3) is 5.91 Å². The van der Waals surface area contributed by atoms with Gasteiger partial charge in [0.2, 0.25) is 0 Å². The lowest BCUT2D eigenvalue weighted by Crippen LogP contribution is -2.11. The molecule has 156 valence electrons. The lowest BCUT2D eigenvalue weighted by Gasteiger charge is -2.09. The number of hydrogen-bond acceptors (Lipinski definition) is 4. The van der Waals surface area contributed by atoms with Crippen molar-refractivity contribution in [2.45, 2.75) is 13.8 Å². The Hall–Kier alpha value is -4.00. The monoisotopic (exact) mass is 416 g/mol. The molecule has 0 saturated heterocycles. The Morgan fingerprint density at radius 2 is 1.81 bits per heavy atom. The summed E-state index contributed by atoms with van der Waals surface area (Å²) < 4.78 is 20.8. The van der Waals surface area contributed by atoms with Gasteiger partial charge in [0.05, 0.1) is 12.3 Å². The molecule has 3 aromatic carbocycles. The first kappa shape index (κ1) is 20.3. The van der Waals surface area contributed by atoms with Crippen molar-refractivity contribution in [3.05, 3.63) is 89.7 Å². The molecule has 0 fully saturated rings. The molecule has 0 spiro atoms. The van der Waals surface area contributed by atoms with Gasteiger partial charge in [-0.15, -0.1) is 5.10 Å². The van der Waals surface area contributed by atoms with Gasteiger partial charge >= 0.3 is 6.01 Å². The van der Waals surface area contributed by atoms with Crippen molar-refractivity contribution in [2.75, 3.05) is 11.9 Å². The second-order valence-corrected chi connectivity index (χ2v) is 6.94. The average Bonchev–Trinajstić information content (AvgIpc) is 3.19. The van der Waals surface area contributed by atoms with Crippen LogP contribution in [0.15, 0.2) is 72.8 Å². The Balaban J connectivity index is 1.61. The molecule has 1 N–H and O–H groups in total. The number of aromatic nitrogens is 3. The molecule has 4 aromatic rings. The summed E-state index contributed by atoms with van der Waals surface area (Å²) in [4.78, 5) is 16.8. The Morgan fingerprint density at radius 3 is 2.48 bits per heavy atom. The second kappa shape index (κ2) is 8.79. The number of carbonyl (C=O) groups is 1. The molecule has 1 amide bonds. The van der Waals surface area contributed by atoms with Crippen LogP contribution in [-0.2, 0) is 0 Å². The van der Waals surface area contributed by atoms with E-state index in [1.54, 1.807) is 53.2 Å². The lowest BCUT2D eigenvalue weighted by molar-refractivity contribution is 0.102. The molecule has 1 heterocycles. The maximum Gasteiger partial charge on any atom is 0.336 e. The van der Waals surface area contributed by atoms with Gasteiger partial charge < -0.3 is 10.1 Å². The Bertz CT molecular complexity index is 1200. The zero-order valence-electron chi connectivity index (χ0n) is 17.2. The van der Waals surface area contributed by atoms with Crippen molar-refractivity contribution in [3.8, 4) is 23.1 Å². The zero-order chi connectivity index (χ0) is 21.8. The molecular formula is C24H21FN4O2. The third kappa shape index (κ3) is 4.61. The number of halogens is 1. The summed E-state index contributed by atoms with van der Waals surface area (Å²) in [6.07, 6.45) is 0. The number of aryl methyl sites for hydroxylation is 1. The second-order valence-electron chi connectivity index (χ2n) is 6.94. The van der Waals surface area contributed by atoms with Crippen molar-refractivity contribution >= 4 is 11.6 Å². The first-order valence-electron chi connectivity index (χ1n) is 9.88. The minimum atomic E-state index is -0.362. The van der Waals surface area contributed by atoms with Gasteiger partial charge in [-0.25, -0.2) is 9.07 Å². The van der Waals surface area contributed by atoms with Gasteiger partial charge in [-0.1, -0.05) is 29.8 Å². The van der Waals surface area contributed by atoms with E-state index in [4.69, 9.17) is 4.74 Å². The van der Waals surface area contributed by atoms with Crippen LogP contribution < -0.4 is 10.1 Å². The summed E-state index contributed by atoms with van der Waals surface area (Å²) in [7, 11) is 0. The number of nitrogens with one attached hydrogen (secondary N) is 1. The fourth-order valence-electron chi connectivity index (χ4n) is 3.07. The first-order valence-corrected chi connectivity index (χ1v) is 9.88.